The van der Waals surface area contributed by atoms with Gasteiger partial charge in [-0.1, -0.05) is 12.1 Å². The molecule has 0 atom stereocenters. The lowest BCUT2D eigenvalue weighted by Gasteiger charge is -2.02. The third-order valence-corrected chi connectivity index (χ3v) is 3.60. The number of fused-ring (bicyclic) bond motifs is 1. The number of aromatic amines is 1. The second-order valence-corrected chi connectivity index (χ2v) is 5.47. The summed E-state index contributed by atoms with van der Waals surface area (Å²) in [6.07, 6.45) is 3.56. The van der Waals surface area contributed by atoms with Crippen LogP contribution >= 0.6 is 15.9 Å². The first kappa shape index (κ1) is 13.1. The van der Waals surface area contributed by atoms with E-state index in [9.17, 15) is 0 Å². The molecule has 1 N–H and O–H groups in total. The molecule has 2 heterocycles. The molecule has 4 nitrogen and oxygen atoms in total. The van der Waals surface area contributed by atoms with Gasteiger partial charge in [0, 0.05) is 17.1 Å². The lowest BCUT2D eigenvalue weighted by Crippen LogP contribution is -1.93. The Morgan fingerprint density at radius 3 is 2.75 bits per heavy atom. The highest BCUT2D eigenvalue weighted by Gasteiger charge is 2.05. The van der Waals surface area contributed by atoms with Crippen LogP contribution in [0.15, 0.2) is 41.0 Å². The Morgan fingerprint density at radius 1 is 1.20 bits per heavy atom. The van der Waals surface area contributed by atoms with E-state index in [1.54, 1.807) is 13.3 Å². The normalized spacial score (nSPS) is 10.9. The van der Waals surface area contributed by atoms with Crippen LogP contribution in [-0.4, -0.2) is 22.1 Å². The SMILES string of the molecule is COc1ccc(CCc2nc3ncc(Br)cc3[nH]2)cc1. The number of nitrogens with zero attached hydrogens (tertiary/aromatic N) is 2. The number of ether oxygens (including phenoxy) is 1. The van der Waals surface area contributed by atoms with E-state index < -0.39 is 0 Å². The quantitative estimate of drug-likeness (QED) is 0.795. The van der Waals surface area contributed by atoms with Crippen molar-refractivity contribution in [2.24, 2.45) is 0 Å². The predicted molar refractivity (Wildman–Crippen MR) is 82.0 cm³/mol. The average molecular weight is 332 g/mol. The van der Waals surface area contributed by atoms with Gasteiger partial charge in [-0.25, -0.2) is 9.97 Å². The summed E-state index contributed by atoms with van der Waals surface area (Å²) in [5, 5.41) is 0. The molecule has 0 aliphatic carbocycles. The molecular weight excluding hydrogens is 318 g/mol. The molecule has 2 aromatic heterocycles. The minimum atomic E-state index is 0.762. The largest absolute Gasteiger partial charge is 0.497 e. The third kappa shape index (κ3) is 2.82. The number of hydrogen-bond donors (Lipinski definition) is 1. The number of halogens is 1. The molecule has 3 rings (SSSR count). The molecule has 0 aliphatic rings. The van der Waals surface area contributed by atoms with Crippen LogP contribution in [0.4, 0.5) is 0 Å². The van der Waals surface area contributed by atoms with Crippen LogP contribution in [0.25, 0.3) is 11.2 Å². The van der Waals surface area contributed by atoms with E-state index in [1.165, 1.54) is 5.56 Å². The topological polar surface area (TPSA) is 50.8 Å². The number of aromatic nitrogens is 3. The highest BCUT2D eigenvalue weighted by Crippen LogP contribution is 2.17. The van der Waals surface area contributed by atoms with Crippen molar-refractivity contribution in [1.82, 2.24) is 15.0 Å². The molecule has 102 valence electrons. The number of H-pyrrole nitrogens is 1. The minimum Gasteiger partial charge on any atom is -0.497 e. The van der Waals surface area contributed by atoms with Gasteiger partial charge < -0.3 is 9.72 Å². The molecule has 0 saturated heterocycles. The molecule has 3 aromatic rings. The molecular formula is C15H14BrN3O. The molecule has 0 aliphatic heterocycles. The summed E-state index contributed by atoms with van der Waals surface area (Å²) in [6, 6.07) is 10.1. The summed E-state index contributed by atoms with van der Waals surface area (Å²) in [6.45, 7) is 0. The standard InChI is InChI=1S/C15H14BrN3O/c1-20-12-5-2-10(3-6-12)4-7-14-18-13-8-11(16)9-17-15(13)19-14/h2-3,5-6,8-9H,4,7H2,1H3,(H,17,18,19). The van der Waals surface area contributed by atoms with Gasteiger partial charge in [-0.3, -0.25) is 0 Å². The van der Waals surface area contributed by atoms with Crippen molar-refractivity contribution in [3.63, 3.8) is 0 Å². The number of aryl methyl sites for hydroxylation is 2. The molecule has 0 saturated carbocycles. The van der Waals surface area contributed by atoms with Gasteiger partial charge in [-0.2, -0.15) is 0 Å². The summed E-state index contributed by atoms with van der Waals surface area (Å²) in [5.41, 5.74) is 2.99. The van der Waals surface area contributed by atoms with Crippen molar-refractivity contribution >= 4 is 27.1 Å². The maximum Gasteiger partial charge on any atom is 0.177 e. The summed E-state index contributed by atoms with van der Waals surface area (Å²) in [4.78, 5) is 12.1. The number of pyridine rings is 1. The van der Waals surface area contributed by atoms with Gasteiger partial charge in [-0.05, 0) is 46.1 Å². The molecule has 0 unspecified atom stereocenters. The van der Waals surface area contributed by atoms with Crippen molar-refractivity contribution in [3.05, 3.63) is 52.4 Å². The third-order valence-electron chi connectivity index (χ3n) is 3.16. The van der Waals surface area contributed by atoms with Gasteiger partial charge in [0.2, 0.25) is 0 Å². The summed E-state index contributed by atoms with van der Waals surface area (Å²) < 4.78 is 6.11. The van der Waals surface area contributed by atoms with Crippen LogP contribution in [0.5, 0.6) is 5.75 Å². The van der Waals surface area contributed by atoms with Crippen LogP contribution in [0.3, 0.4) is 0 Å². The van der Waals surface area contributed by atoms with Gasteiger partial charge >= 0.3 is 0 Å². The number of methoxy groups -OCH3 is 1. The maximum absolute atomic E-state index is 5.15. The second-order valence-electron chi connectivity index (χ2n) is 4.56. The number of benzene rings is 1. The van der Waals surface area contributed by atoms with Crippen LogP contribution in [0, 0.1) is 0 Å². The highest BCUT2D eigenvalue weighted by molar-refractivity contribution is 9.10. The zero-order valence-electron chi connectivity index (χ0n) is 11.1. The molecule has 0 bridgehead atoms. The molecule has 0 spiro atoms. The van der Waals surface area contributed by atoms with E-state index in [4.69, 9.17) is 4.74 Å². The molecule has 0 amide bonds. The van der Waals surface area contributed by atoms with E-state index in [1.807, 2.05) is 18.2 Å². The zero-order chi connectivity index (χ0) is 13.9. The van der Waals surface area contributed by atoms with E-state index in [-0.39, 0.29) is 0 Å². The maximum atomic E-state index is 5.15. The monoisotopic (exact) mass is 331 g/mol. The molecule has 5 heteroatoms. The van der Waals surface area contributed by atoms with Crippen molar-refractivity contribution < 1.29 is 4.74 Å². The Hall–Kier alpha value is -1.88. The second kappa shape index (κ2) is 5.63. The Labute approximate surface area is 125 Å². The fraction of sp³-hybridized carbons (Fsp3) is 0.200. The van der Waals surface area contributed by atoms with Crippen LogP contribution in [-0.2, 0) is 12.8 Å². The predicted octanol–water partition coefficient (Wildman–Crippen LogP) is 3.51. The van der Waals surface area contributed by atoms with E-state index >= 15 is 0 Å². The summed E-state index contributed by atoms with van der Waals surface area (Å²) >= 11 is 3.41. The van der Waals surface area contributed by atoms with Gasteiger partial charge in [0.15, 0.2) is 5.65 Å². The zero-order valence-corrected chi connectivity index (χ0v) is 12.6. The van der Waals surface area contributed by atoms with Gasteiger partial charge in [0.25, 0.3) is 0 Å². The van der Waals surface area contributed by atoms with Crippen molar-refractivity contribution in [2.75, 3.05) is 7.11 Å². The van der Waals surface area contributed by atoms with E-state index in [0.29, 0.717) is 0 Å². The first-order valence-electron chi connectivity index (χ1n) is 6.37. The first-order chi connectivity index (χ1) is 9.74. The van der Waals surface area contributed by atoms with E-state index in [0.717, 1.165) is 40.1 Å². The first-order valence-corrected chi connectivity index (χ1v) is 7.17. The lowest BCUT2D eigenvalue weighted by molar-refractivity contribution is 0.414. The molecule has 20 heavy (non-hydrogen) atoms. The van der Waals surface area contributed by atoms with Gasteiger partial charge in [0.1, 0.15) is 11.6 Å². The molecule has 0 radical (unpaired) electrons. The van der Waals surface area contributed by atoms with Crippen LogP contribution < -0.4 is 4.74 Å². The van der Waals surface area contributed by atoms with Crippen molar-refractivity contribution in [1.29, 1.82) is 0 Å². The summed E-state index contributed by atoms with van der Waals surface area (Å²) in [7, 11) is 1.68. The fourth-order valence-electron chi connectivity index (χ4n) is 2.10. The number of rotatable bonds is 4. The Balaban J connectivity index is 1.72. The minimum absolute atomic E-state index is 0.762. The smallest absolute Gasteiger partial charge is 0.177 e. The highest BCUT2D eigenvalue weighted by atomic mass is 79.9. The average Bonchev–Trinajstić information content (AvgIpc) is 2.87. The Morgan fingerprint density at radius 2 is 2.00 bits per heavy atom. The number of imidazole rings is 1. The molecule has 1 aromatic carbocycles. The van der Waals surface area contributed by atoms with E-state index in [2.05, 4.69) is 43.0 Å². The fourth-order valence-corrected chi connectivity index (χ4v) is 2.43. The van der Waals surface area contributed by atoms with Crippen LogP contribution in [0.1, 0.15) is 11.4 Å². The Kier molecular flexibility index (Phi) is 3.69. The van der Waals surface area contributed by atoms with Gasteiger partial charge in [-0.15, -0.1) is 0 Å². The number of nitrogens with one attached hydrogen (secondary N) is 1. The van der Waals surface area contributed by atoms with Gasteiger partial charge in [0.05, 0.1) is 12.6 Å². The summed E-state index contributed by atoms with van der Waals surface area (Å²) in [5.74, 6) is 1.84. The Bertz CT molecular complexity index is 722. The molecule has 0 fully saturated rings. The van der Waals surface area contributed by atoms with Crippen molar-refractivity contribution in [2.45, 2.75) is 12.8 Å². The lowest BCUT2D eigenvalue weighted by atomic mass is 10.1. The van der Waals surface area contributed by atoms with Crippen molar-refractivity contribution in [3.8, 4) is 5.75 Å². The number of hydrogen-bond acceptors (Lipinski definition) is 3. The van der Waals surface area contributed by atoms with Crippen LogP contribution in [0.2, 0.25) is 0 Å².